The molecule has 0 aromatic heterocycles. The number of carbonyl (C=O) groups excluding carboxylic acids is 10. The summed E-state index contributed by atoms with van der Waals surface area (Å²) in [6.45, 7) is 2.69. The number of aliphatic carboxylic acids is 2. The zero-order valence-corrected chi connectivity index (χ0v) is 36.6. The van der Waals surface area contributed by atoms with Crippen molar-refractivity contribution < 1.29 is 78.0 Å². The number of hydrogen-bond donors (Lipinski definition) is 16. The number of amides is 10. The van der Waals surface area contributed by atoms with Crippen LogP contribution in [0.1, 0.15) is 72.6 Å². The molecule has 19 N–H and O–H groups in total. The van der Waals surface area contributed by atoms with Gasteiger partial charge in [0.15, 0.2) is 0 Å². The molecule has 0 unspecified atom stereocenters. The number of rotatable bonds is 32. The maximum absolute atomic E-state index is 13.3. The Bertz CT molecular complexity index is 1700. The average molecular weight is 933 g/mol. The number of primary amides is 1. The molecule has 65 heavy (non-hydrogen) atoms. The molecule has 0 saturated heterocycles. The number of nitrogens with two attached hydrogens (primary N) is 3. The Kier molecular flexibility index (Phi) is 27.5. The van der Waals surface area contributed by atoms with E-state index in [9.17, 15) is 72.9 Å². The highest BCUT2D eigenvalue weighted by Crippen LogP contribution is 2.10. The standard InChI is InChI=1S/C37H64N12O16/c1-5-17(2)29(49-31(58)19(4)42-26(53)13-39)36(63)48-24(16-51)35(62)47-22(12-25(40)52)33(60)43-18(3)30(57)41-14-27(54)44-23(15-50)34(61)45-20(9-10-28(55)56)32(59)46-21(37(64)65)8-6-7-11-38/h17-24,29,50-51H,5-16,38-39H2,1-4H3,(H2,40,52)(H,41,57)(H,42,53)(H,43,60)(H,44,54)(H,45,61)(H,46,59)(H,47,62)(H,48,63)(H,49,58)(H,55,56)(H,64,65)/t17-,18-,19-,20-,21-,22-,23-,24-,29-/m0/s1. The van der Waals surface area contributed by atoms with Crippen molar-refractivity contribution in [1.82, 2.24) is 47.9 Å². The zero-order valence-electron chi connectivity index (χ0n) is 36.6. The van der Waals surface area contributed by atoms with Crippen molar-refractivity contribution in [2.75, 3.05) is 32.8 Å². The predicted molar refractivity (Wildman–Crippen MR) is 224 cm³/mol. The first-order valence-electron chi connectivity index (χ1n) is 20.5. The molecule has 368 valence electrons. The Balaban J connectivity index is 5.66. The van der Waals surface area contributed by atoms with E-state index in [1.54, 1.807) is 13.8 Å². The molecule has 0 spiro atoms. The van der Waals surface area contributed by atoms with E-state index in [4.69, 9.17) is 22.3 Å². The highest BCUT2D eigenvalue weighted by atomic mass is 16.4. The molecule has 10 amide bonds. The van der Waals surface area contributed by atoms with Gasteiger partial charge in [0.05, 0.1) is 32.7 Å². The third-order valence-corrected chi connectivity index (χ3v) is 9.45. The van der Waals surface area contributed by atoms with Gasteiger partial charge in [-0.25, -0.2) is 4.79 Å². The van der Waals surface area contributed by atoms with Crippen LogP contribution in [-0.4, -0.2) is 173 Å². The van der Waals surface area contributed by atoms with Crippen LogP contribution in [0.2, 0.25) is 0 Å². The number of nitrogens with one attached hydrogen (secondary N) is 9. The van der Waals surface area contributed by atoms with Crippen molar-refractivity contribution in [3.05, 3.63) is 0 Å². The van der Waals surface area contributed by atoms with E-state index in [1.165, 1.54) is 6.92 Å². The van der Waals surface area contributed by atoms with Gasteiger partial charge in [-0.15, -0.1) is 0 Å². The van der Waals surface area contributed by atoms with Crippen molar-refractivity contribution in [2.45, 2.75) is 121 Å². The third-order valence-electron chi connectivity index (χ3n) is 9.45. The van der Waals surface area contributed by atoms with Gasteiger partial charge in [-0.1, -0.05) is 20.3 Å². The molecule has 0 aliphatic rings. The largest absolute Gasteiger partial charge is 0.481 e. The number of carbonyl (C=O) groups is 12. The maximum Gasteiger partial charge on any atom is 0.326 e. The number of carboxylic acids is 2. The second-order valence-corrected chi connectivity index (χ2v) is 14.8. The van der Waals surface area contributed by atoms with Crippen molar-refractivity contribution in [3.8, 4) is 0 Å². The van der Waals surface area contributed by atoms with E-state index >= 15 is 0 Å². The molecule has 0 aromatic rings. The lowest BCUT2D eigenvalue weighted by Gasteiger charge is -2.28. The molecule has 0 heterocycles. The van der Waals surface area contributed by atoms with Gasteiger partial charge in [0, 0.05) is 6.42 Å². The van der Waals surface area contributed by atoms with E-state index < -0.39 is 171 Å². The van der Waals surface area contributed by atoms with Gasteiger partial charge in [-0.05, 0) is 52.0 Å². The van der Waals surface area contributed by atoms with Gasteiger partial charge in [0.1, 0.15) is 48.3 Å². The molecule has 9 atom stereocenters. The van der Waals surface area contributed by atoms with Gasteiger partial charge in [-0.2, -0.15) is 0 Å². The van der Waals surface area contributed by atoms with E-state index in [-0.39, 0.29) is 13.0 Å². The number of carboxylic acid groups (broad SMARTS) is 2. The number of unbranched alkanes of at least 4 members (excludes halogenated alkanes) is 1. The maximum atomic E-state index is 13.3. The minimum atomic E-state index is -1.78. The first-order chi connectivity index (χ1) is 30.5. The molecular formula is C37H64N12O16. The van der Waals surface area contributed by atoms with Gasteiger partial charge in [-0.3, -0.25) is 52.7 Å². The van der Waals surface area contributed by atoms with Crippen LogP contribution in [0, 0.1) is 5.92 Å². The van der Waals surface area contributed by atoms with Crippen LogP contribution in [0.15, 0.2) is 0 Å². The Labute approximate surface area is 373 Å². The summed E-state index contributed by atoms with van der Waals surface area (Å²) in [5.41, 5.74) is 15.9. The smallest absolute Gasteiger partial charge is 0.326 e. The second-order valence-electron chi connectivity index (χ2n) is 14.8. The molecule has 0 rings (SSSR count). The van der Waals surface area contributed by atoms with Crippen LogP contribution < -0.4 is 65.1 Å². The summed E-state index contributed by atoms with van der Waals surface area (Å²) < 4.78 is 0. The van der Waals surface area contributed by atoms with E-state index in [0.29, 0.717) is 19.3 Å². The van der Waals surface area contributed by atoms with Crippen molar-refractivity contribution in [1.29, 1.82) is 0 Å². The minimum absolute atomic E-state index is 0.0247. The fourth-order valence-corrected chi connectivity index (χ4v) is 5.46. The lowest BCUT2D eigenvalue weighted by Crippen LogP contribution is -2.61. The van der Waals surface area contributed by atoms with E-state index in [1.807, 2.05) is 0 Å². The summed E-state index contributed by atoms with van der Waals surface area (Å²) in [5.74, 6) is -13.4. The molecular weight excluding hydrogens is 868 g/mol. The number of aliphatic hydroxyl groups is 2. The lowest BCUT2D eigenvalue weighted by molar-refractivity contribution is -0.143. The third kappa shape index (κ3) is 22.6. The molecule has 28 heteroatoms. The summed E-state index contributed by atoms with van der Waals surface area (Å²) in [7, 11) is 0. The summed E-state index contributed by atoms with van der Waals surface area (Å²) in [6.07, 6.45) is -0.875. The Morgan fingerprint density at radius 2 is 1.05 bits per heavy atom. The van der Waals surface area contributed by atoms with Gasteiger partial charge < -0.3 is 85.5 Å². The molecule has 0 fully saturated rings. The first-order valence-corrected chi connectivity index (χ1v) is 20.5. The predicted octanol–water partition coefficient (Wildman–Crippen LogP) is -8.04. The highest BCUT2D eigenvalue weighted by molar-refractivity contribution is 5.99. The minimum Gasteiger partial charge on any atom is -0.481 e. The average Bonchev–Trinajstić information content (AvgIpc) is 3.25. The van der Waals surface area contributed by atoms with Gasteiger partial charge >= 0.3 is 11.9 Å². The number of hydrogen-bond acceptors (Lipinski definition) is 16. The summed E-state index contributed by atoms with van der Waals surface area (Å²) >= 11 is 0. The SMILES string of the molecule is CC[C@H](C)[C@H](NC(=O)[C@H](C)NC(=O)CN)C(=O)N[C@@H](CO)C(=O)N[C@@H](CC(N)=O)C(=O)N[C@@H](C)C(=O)NCC(=O)N[C@@H](CO)C(=O)N[C@@H](CCC(=O)O)C(=O)N[C@@H](CCCCN)C(=O)O. The quantitative estimate of drug-likeness (QED) is 0.0279. The highest BCUT2D eigenvalue weighted by Gasteiger charge is 2.34. The molecule has 28 nitrogen and oxygen atoms in total. The normalized spacial score (nSPS) is 15.0. The fraction of sp³-hybridized carbons (Fsp3) is 0.676. The Morgan fingerprint density at radius 3 is 1.55 bits per heavy atom. The van der Waals surface area contributed by atoms with Crippen LogP contribution in [0.3, 0.4) is 0 Å². The molecule has 0 bridgehead atoms. The first kappa shape index (κ1) is 58.5. The van der Waals surface area contributed by atoms with Crippen LogP contribution in [0.4, 0.5) is 0 Å². The molecule has 0 radical (unpaired) electrons. The van der Waals surface area contributed by atoms with E-state index in [0.717, 1.165) is 6.92 Å². The molecule has 0 aliphatic carbocycles. The number of aliphatic hydroxyl groups excluding tert-OH is 2. The van der Waals surface area contributed by atoms with Crippen molar-refractivity contribution in [2.24, 2.45) is 23.1 Å². The van der Waals surface area contributed by atoms with Gasteiger partial charge in [0.25, 0.3) is 0 Å². The monoisotopic (exact) mass is 932 g/mol. The molecule has 0 aromatic carbocycles. The van der Waals surface area contributed by atoms with Crippen LogP contribution >= 0.6 is 0 Å². The topological polar surface area (TPSA) is 472 Å². The molecule has 0 saturated carbocycles. The van der Waals surface area contributed by atoms with Crippen LogP contribution in [0.5, 0.6) is 0 Å². The van der Waals surface area contributed by atoms with Crippen LogP contribution in [-0.2, 0) is 57.5 Å². The summed E-state index contributed by atoms with van der Waals surface area (Å²) in [6, 6.07) is -12.2. The second kappa shape index (κ2) is 30.5. The Morgan fingerprint density at radius 1 is 0.538 bits per heavy atom. The lowest BCUT2D eigenvalue weighted by atomic mass is 9.97. The Hall–Kier alpha value is -6.52. The van der Waals surface area contributed by atoms with E-state index in [2.05, 4.69) is 47.9 Å². The van der Waals surface area contributed by atoms with Gasteiger partial charge in [0.2, 0.25) is 59.1 Å². The summed E-state index contributed by atoms with van der Waals surface area (Å²) in [5, 5.41) is 58.4. The molecule has 0 aliphatic heterocycles. The van der Waals surface area contributed by atoms with Crippen LogP contribution in [0.25, 0.3) is 0 Å². The fourth-order valence-electron chi connectivity index (χ4n) is 5.46. The zero-order chi connectivity index (χ0) is 50.0. The van der Waals surface area contributed by atoms with Crippen molar-refractivity contribution >= 4 is 71.0 Å². The summed E-state index contributed by atoms with van der Waals surface area (Å²) in [4.78, 5) is 150. The van der Waals surface area contributed by atoms with Crippen molar-refractivity contribution in [3.63, 3.8) is 0 Å².